The highest BCUT2D eigenvalue weighted by Crippen LogP contribution is 2.21. The van der Waals surface area contributed by atoms with Gasteiger partial charge in [-0.25, -0.2) is 4.79 Å². The van der Waals surface area contributed by atoms with E-state index in [0.717, 1.165) is 24.0 Å². The minimum absolute atomic E-state index is 0.584. The molecule has 2 heteroatoms. The quantitative estimate of drug-likeness (QED) is 0.767. The Balaban J connectivity index is 2.84. The molecular formula is C14H18O2. The van der Waals surface area contributed by atoms with Crippen molar-refractivity contribution in [2.24, 2.45) is 5.92 Å². The SMILES string of the molecule is CC(C)CCC(=CC(=O)O)c1ccccc1. The molecule has 86 valence electrons. The molecule has 0 aliphatic rings. The summed E-state index contributed by atoms with van der Waals surface area (Å²) in [6.45, 7) is 4.28. The molecule has 0 saturated carbocycles. The van der Waals surface area contributed by atoms with Gasteiger partial charge in [-0.3, -0.25) is 0 Å². The predicted octanol–water partition coefficient (Wildman–Crippen LogP) is 3.59. The maximum absolute atomic E-state index is 10.8. The highest BCUT2D eigenvalue weighted by atomic mass is 16.4. The van der Waals surface area contributed by atoms with E-state index in [1.165, 1.54) is 6.08 Å². The summed E-state index contributed by atoms with van der Waals surface area (Å²) in [6.07, 6.45) is 3.14. The van der Waals surface area contributed by atoms with Gasteiger partial charge in [-0.1, -0.05) is 44.2 Å². The van der Waals surface area contributed by atoms with Gasteiger partial charge in [0.15, 0.2) is 0 Å². The number of carboxylic acid groups (broad SMARTS) is 1. The molecule has 16 heavy (non-hydrogen) atoms. The predicted molar refractivity (Wildman–Crippen MR) is 66.1 cm³/mol. The van der Waals surface area contributed by atoms with Crippen molar-refractivity contribution in [3.05, 3.63) is 42.0 Å². The van der Waals surface area contributed by atoms with E-state index in [1.807, 2.05) is 30.3 Å². The van der Waals surface area contributed by atoms with E-state index >= 15 is 0 Å². The lowest BCUT2D eigenvalue weighted by molar-refractivity contribution is -0.131. The van der Waals surface area contributed by atoms with Gasteiger partial charge in [-0.15, -0.1) is 0 Å². The van der Waals surface area contributed by atoms with Crippen LogP contribution in [0.2, 0.25) is 0 Å². The van der Waals surface area contributed by atoms with Crippen LogP contribution >= 0.6 is 0 Å². The molecular weight excluding hydrogens is 200 g/mol. The van der Waals surface area contributed by atoms with Crippen LogP contribution in [-0.2, 0) is 4.79 Å². The van der Waals surface area contributed by atoms with Gasteiger partial charge in [0.2, 0.25) is 0 Å². The summed E-state index contributed by atoms with van der Waals surface area (Å²) < 4.78 is 0. The molecule has 0 amide bonds. The zero-order chi connectivity index (χ0) is 12.0. The number of allylic oxidation sites excluding steroid dienone is 1. The van der Waals surface area contributed by atoms with Crippen molar-refractivity contribution in [1.29, 1.82) is 0 Å². The average Bonchev–Trinajstić information content (AvgIpc) is 2.25. The largest absolute Gasteiger partial charge is 0.478 e. The molecule has 0 saturated heterocycles. The topological polar surface area (TPSA) is 37.3 Å². The molecule has 0 aliphatic carbocycles. The first-order valence-electron chi connectivity index (χ1n) is 5.58. The lowest BCUT2D eigenvalue weighted by Gasteiger charge is -2.09. The Morgan fingerprint density at radius 1 is 1.31 bits per heavy atom. The average molecular weight is 218 g/mol. The minimum Gasteiger partial charge on any atom is -0.478 e. The number of aliphatic carboxylic acids is 1. The van der Waals surface area contributed by atoms with E-state index in [-0.39, 0.29) is 0 Å². The molecule has 0 heterocycles. The summed E-state index contributed by atoms with van der Waals surface area (Å²) in [6, 6.07) is 9.70. The lowest BCUT2D eigenvalue weighted by Crippen LogP contribution is -1.95. The Labute approximate surface area is 96.6 Å². The third kappa shape index (κ3) is 4.30. The Morgan fingerprint density at radius 2 is 1.94 bits per heavy atom. The van der Waals surface area contributed by atoms with Crippen molar-refractivity contribution in [3.63, 3.8) is 0 Å². The first-order chi connectivity index (χ1) is 7.59. The Morgan fingerprint density at radius 3 is 2.44 bits per heavy atom. The zero-order valence-corrected chi connectivity index (χ0v) is 9.81. The van der Waals surface area contributed by atoms with Crippen LogP contribution in [0.15, 0.2) is 36.4 Å². The lowest BCUT2D eigenvalue weighted by atomic mass is 9.97. The van der Waals surface area contributed by atoms with E-state index in [2.05, 4.69) is 13.8 Å². The van der Waals surface area contributed by atoms with E-state index in [9.17, 15) is 4.79 Å². The maximum Gasteiger partial charge on any atom is 0.328 e. The second kappa shape index (κ2) is 6.11. The van der Waals surface area contributed by atoms with Gasteiger partial charge in [0.25, 0.3) is 0 Å². The van der Waals surface area contributed by atoms with E-state index in [1.54, 1.807) is 0 Å². The monoisotopic (exact) mass is 218 g/mol. The molecule has 0 atom stereocenters. The molecule has 0 bridgehead atoms. The van der Waals surface area contributed by atoms with Crippen LogP contribution in [0.4, 0.5) is 0 Å². The van der Waals surface area contributed by atoms with Gasteiger partial charge in [0.05, 0.1) is 0 Å². The standard InChI is InChI=1S/C14H18O2/c1-11(2)8-9-13(10-14(15)16)12-6-4-3-5-7-12/h3-7,10-11H,8-9H2,1-2H3,(H,15,16). The molecule has 0 radical (unpaired) electrons. The summed E-state index contributed by atoms with van der Waals surface area (Å²) in [5, 5.41) is 8.83. The van der Waals surface area contributed by atoms with Crippen molar-refractivity contribution in [1.82, 2.24) is 0 Å². The van der Waals surface area contributed by atoms with Crippen molar-refractivity contribution in [2.75, 3.05) is 0 Å². The van der Waals surface area contributed by atoms with E-state index in [0.29, 0.717) is 5.92 Å². The van der Waals surface area contributed by atoms with Crippen molar-refractivity contribution in [3.8, 4) is 0 Å². The van der Waals surface area contributed by atoms with Crippen LogP contribution in [0.3, 0.4) is 0 Å². The number of hydrogen-bond donors (Lipinski definition) is 1. The highest BCUT2D eigenvalue weighted by molar-refractivity contribution is 5.89. The zero-order valence-electron chi connectivity index (χ0n) is 9.81. The van der Waals surface area contributed by atoms with E-state index < -0.39 is 5.97 Å². The van der Waals surface area contributed by atoms with Gasteiger partial charge in [0.1, 0.15) is 0 Å². The molecule has 1 aromatic rings. The van der Waals surface area contributed by atoms with Gasteiger partial charge < -0.3 is 5.11 Å². The minimum atomic E-state index is -0.873. The maximum atomic E-state index is 10.8. The third-order valence-electron chi connectivity index (χ3n) is 2.43. The normalized spacial score (nSPS) is 11.8. The second-order valence-corrected chi connectivity index (χ2v) is 4.31. The van der Waals surface area contributed by atoms with Crippen LogP contribution in [0, 0.1) is 5.92 Å². The number of carboxylic acids is 1. The molecule has 1 aromatic carbocycles. The van der Waals surface area contributed by atoms with Crippen molar-refractivity contribution >= 4 is 11.5 Å². The summed E-state index contributed by atoms with van der Waals surface area (Å²) in [7, 11) is 0. The Kier molecular flexibility index (Phi) is 4.77. The third-order valence-corrected chi connectivity index (χ3v) is 2.43. The summed E-state index contributed by atoms with van der Waals surface area (Å²) in [5.41, 5.74) is 1.91. The van der Waals surface area contributed by atoms with Gasteiger partial charge in [-0.05, 0) is 29.9 Å². The van der Waals surface area contributed by atoms with E-state index in [4.69, 9.17) is 5.11 Å². The van der Waals surface area contributed by atoms with Crippen molar-refractivity contribution in [2.45, 2.75) is 26.7 Å². The molecule has 0 spiro atoms. The fourth-order valence-corrected chi connectivity index (χ4v) is 1.55. The van der Waals surface area contributed by atoms with Crippen LogP contribution in [0.25, 0.3) is 5.57 Å². The number of hydrogen-bond acceptors (Lipinski definition) is 1. The molecule has 1 rings (SSSR count). The van der Waals surface area contributed by atoms with Crippen LogP contribution in [0.1, 0.15) is 32.3 Å². The summed E-state index contributed by atoms with van der Waals surface area (Å²) >= 11 is 0. The highest BCUT2D eigenvalue weighted by Gasteiger charge is 2.05. The first kappa shape index (κ1) is 12.5. The summed E-state index contributed by atoms with van der Waals surface area (Å²) in [4.78, 5) is 10.8. The van der Waals surface area contributed by atoms with Gasteiger partial charge in [0, 0.05) is 6.08 Å². The molecule has 2 nitrogen and oxygen atoms in total. The smallest absolute Gasteiger partial charge is 0.328 e. The van der Waals surface area contributed by atoms with Crippen LogP contribution in [0.5, 0.6) is 0 Å². The Hall–Kier alpha value is -1.57. The Bertz CT molecular complexity index is 364. The molecule has 0 fully saturated rings. The molecule has 0 aromatic heterocycles. The molecule has 0 aliphatic heterocycles. The number of carbonyl (C=O) groups is 1. The first-order valence-corrected chi connectivity index (χ1v) is 5.58. The fourth-order valence-electron chi connectivity index (χ4n) is 1.55. The molecule has 0 unspecified atom stereocenters. The fraction of sp³-hybridized carbons (Fsp3) is 0.357. The van der Waals surface area contributed by atoms with Gasteiger partial charge >= 0.3 is 5.97 Å². The summed E-state index contributed by atoms with van der Waals surface area (Å²) in [5.74, 6) is -0.288. The van der Waals surface area contributed by atoms with Gasteiger partial charge in [-0.2, -0.15) is 0 Å². The van der Waals surface area contributed by atoms with Crippen LogP contribution in [-0.4, -0.2) is 11.1 Å². The number of rotatable bonds is 5. The molecule has 1 N–H and O–H groups in total. The van der Waals surface area contributed by atoms with Crippen molar-refractivity contribution < 1.29 is 9.90 Å². The second-order valence-electron chi connectivity index (χ2n) is 4.31. The van der Waals surface area contributed by atoms with Crippen LogP contribution < -0.4 is 0 Å². The number of benzene rings is 1.